The standard InChI is InChI=1S/C19H21NO/c1-14(2)15-8-10-17(11-9-15)20-13-12-18(19(20)21)16-6-4-3-5-7-16/h3-11,14,18H,12-13H2,1-2H3. The molecule has 0 N–H and O–H groups in total. The third kappa shape index (κ3) is 2.71. The highest BCUT2D eigenvalue weighted by atomic mass is 16.2. The molecular weight excluding hydrogens is 258 g/mol. The third-order valence-corrected chi connectivity index (χ3v) is 4.28. The van der Waals surface area contributed by atoms with Gasteiger partial charge in [0, 0.05) is 12.2 Å². The fraction of sp³-hybridized carbons (Fsp3) is 0.316. The van der Waals surface area contributed by atoms with Crippen LogP contribution in [0, 0.1) is 0 Å². The van der Waals surface area contributed by atoms with E-state index in [4.69, 9.17) is 0 Å². The summed E-state index contributed by atoms with van der Waals surface area (Å²) in [5, 5.41) is 0. The molecule has 2 aromatic rings. The Kier molecular flexibility index (Phi) is 3.78. The fourth-order valence-corrected chi connectivity index (χ4v) is 2.97. The Morgan fingerprint density at radius 1 is 1.00 bits per heavy atom. The van der Waals surface area contributed by atoms with Crippen molar-refractivity contribution in [2.75, 3.05) is 11.4 Å². The van der Waals surface area contributed by atoms with Crippen LogP contribution >= 0.6 is 0 Å². The Balaban J connectivity index is 1.80. The van der Waals surface area contributed by atoms with Crippen molar-refractivity contribution in [2.24, 2.45) is 0 Å². The predicted octanol–water partition coefficient (Wildman–Crippen LogP) is 4.33. The molecule has 21 heavy (non-hydrogen) atoms. The van der Waals surface area contributed by atoms with E-state index in [1.807, 2.05) is 35.2 Å². The van der Waals surface area contributed by atoms with Crippen molar-refractivity contribution in [1.29, 1.82) is 0 Å². The molecule has 1 unspecified atom stereocenters. The summed E-state index contributed by atoms with van der Waals surface area (Å²) in [6.07, 6.45) is 0.898. The first-order chi connectivity index (χ1) is 10.2. The summed E-state index contributed by atoms with van der Waals surface area (Å²) in [7, 11) is 0. The van der Waals surface area contributed by atoms with E-state index < -0.39 is 0 Å². The summed E-state index contributed by atoms with van der Waals surface area (Å²) in [6, 6.07) is 18.5. The highest BCUT2D eigenvalue weighted by molar-refractivity contribution is 6.00. The maximum Gasteiger partial charge on any atom is 0.234 e. The van der Waals surface area contributed by atoms with Crippen LogP contribution in [0.15, 0.2) is 54.6 Å². The van der Waals surface area contributed by atoms with E-state index >= 15 is 0 Å². The molecule has 1 heterocycles. The molecule has 3 rings (SSSR count). The summed E-state index contributed by atoms with van der Waals surface area (Å²) in [5.41, 5.74) is 3.46. The van der Waals surface area contributed by atoms with Crippen LogP contribution in [0.2, 0.25) is 0 Å². The SMILES string of the molecule is CC(C)c1ccc(N2CCC(c3ccccc3)C2=O)cc1. The zero-order valence-corrected chi connectivity index (χ0v) is 12.6. The highest BCUT2D eigenvalue weighted by Gasteiger charge is 2.33. The normalized spacial score (nSPS) is 18.5. The minimum Gasteiger partial charge on any atom is -0.312 e. The van der Waals surface area contributed by atoms with E-state index in [-0.39, 0.29) is 11.8 Å². The number of nitrogens with zero attached hydrogens (tertiary/aromatic N) is 1. The Bertz CT molecular complexity index is 616. The van der Waals surface area contributed by atoms with E-state index in [0.29, 0.717) is 5.92 Å². The molecule has 1 fully saturated rings. The maximum absolute atomic E-state index is 12.7. The monoisotopic (exact) mass is 279 g/mol. The second-order valence-electron chi connectivity index (χ2n) is 5.99. The van der Waals surface area contributed by atoms with Gasteiger partial charge in [-0.05, 0) is 35.6 Å². The van der Waals surface area contributed by atoms with Crippen LogP contribution in [0.5, 0.6) is 0 Å². The van der Waals surface area contributed by atoms with Crippen molar-refractivity contribution in [3.05, 3.63) is 65.7 Å². The van der Waals surface area contributed by atoms with E-state index in [1.54, 1.807) is 0 Å². The van der Waals surface area contributed by atoms with Gasteiger partial charge in [-0.3, -0.25) is 4.79 Å². The number of benzene rings is 2. The largest absolute Gasteiger partial charge is 0.312 e. The summed E-state index contributed by atoms with van der Waals surface area (Å²) in [4.78, 5) is 14.6. The van der Waals surface area contributed by atoms with Gasteiger partial charge in [0.15, 0.2) is 0 Å². The van der Waals surface area contributed by atoms with Gasteiger partial charge < -0.3 is 4.90 Å². The van der Waals surface area contributed by atoms with Gasteiger partial charge in [0.05, 0.1) is 5.92 Å². The molecule has 0 spiro atoms. The minimum absolute atomic E-state index is 0.0102. The van der Waals surface area contributed by atoms with Crippen molar-refractivity contribution in [3.8, 4) is 0 Å². The molecule has 1 atom stereocenters. The Hall–Kier alpha value is -2.09. The number of hydrogen-bond acceptors (Lipinski definition) is 1. The summed E-state index contributed by atoms with van der Waals surface area (Å²) in [5.74, 6) is 0.750. The van der Waals surface area contributed by atoms with Gasteiger partial charge in [-0.2, -0.15) is 0 Å². The van der Waals surface area contributed by atoms with Crippen molar-refractivity contribution < 1.29 is 4.79 Å². The van der Waals surface area contributed by atoms with Crippen LogP contribution in [0.3, 0.4) is 0 Å². The molecule has 0 saturated carbocycles. The first kappa shape index (κ1) is 13.9. The predicted molar refractivity (Wildman–Crippen MR) is 86.7 cm³/mol. The van der Waals surface area contributed by atoms with Gasteiger partial charge in [-0.15, -0.1) is 0 Å². The quantitative estimate of drug-likeness (QED) is 0.819. The van der Waals surface area contributed by atoms with Gasteiger partial charge in [0.1, 0.15) is 0 Å². The summed E-state index contributed by atoms with van der Waals surface area (Å²) >= 11 is 0. The zero-order chi connectivity index (χ0) is 14.8. The second kappa shape index (κ2) is 5.72. The molecule has 0 aliphatic carbocycles. The van der Waals surface area contributed by atoms with Gasteiger partial charge in [-0.25, -0.2) is 0 Å². The molecule has 2 nitrogen and oxygen atoms in total. The molecule has 2 heteroatoms. The number of hydrogen-bond donors (Lipinski definition) is 0. The number of anilines is 1. The molecule has 0 bridgehead atoms. The Morgan fingerprint density at radius 3 is 2.29 bits per heavy atom. The lowest BCUT2D eigenvalue weighted by molar-refractivity contribution is -0.118. The zero-order valence-electron chi connectivity index (χ0n) is 12.6. The lowest BCUT2D eigenvalue weighted by Gasteiger charge is -2.18. The molecule has 1 saturated heterocycles. The molecular formula is C19H21NO. The van der Waals surface area contributed by atoms with Crippen LogP contribution in [-0.2, 0) is 4.79 Å². The van der Waals surface area contributed by atoms with E-state index in [9.17, 15) is 4.79 Å². The first-order valence-electron chi connectivity index (χ1n) is 7.63. The molecule has 108 valence electrons. The summed E-state index contributed by atoms with van der Waals surface area (Å²) < 4.78 is 0. The fourth-order valence-electron chi connectivity index (χ4n) is 2.97. The van der Waals surface area contributed by atoms with Crippen LogP contribution < -0.4 is 4.90 Å². The number of carbonyl (C=O) groups excluding carboxylic acids is 1. The van der Waals surface area contributed by atoms with Gasteiger partial charge >= 0.3 is 0 Å². The lowest BCUT2D eigenvalue weighted by atomic mass is 9.98. The number of amides is 1. The van der Waals surface area contributed by atoms with E-state index in [1.165, 1.54) is 5.56 Å². The molecule has 2 aromatic carbocycles. The first-order valence-corrected chi connectivity index (χ1v) is 7.63. The van der Waals surface area contributed by atoms with Gasteiger partial charge in [0.25, 0.3) is 0 Å². The van der Waals surface area contributed by atoms with Crippen molar-refractivity contribution >= 4 is 11.6 Å². The molecule has 1 aliphatic rings. The van der Waals surface area contributed by atoms with Crippen molar-refractivity contribution in [1.82, 2.24) is 0 Å². The minimum atomic E-state index is 0.0102. The number of carbonyl (C=O) groups is 1. The molecule has 0 aromatic heterocycles. The van der Waals surface area contributed by atoms with Crippen molar-refractivity contribution in [2.45, 2.75) is 32.1 Å². The molecule has 1 amide bonds. The van der Waals surface area contributed by atoms with Crippen LogP contribution in [0.25, 0.3) is 0 Å². The molecule has 1 aliphatic heterocycles. The lowest BCUT2D eigenvalue weighted by Crippen LogP contribution is -2.26. The summed E-state index contributed by atoms with van der Waals surface area (Å²) in [6.45, 7) is 5.17. The van der Waals surface area contributed by atoms with Gasteiger partial charge in [0.2, 0.25) is 5.91 Å². The average molecular weight is 279 g/mol. The average Bonchev–Trinajstić information content (AvgIpc) is 2.90. The highest BCUT2D eigenvalue weighted by Crippen LogP contribution is 2.32. The van der Waals surface area contributed by atoms with Crippen LogP contribution in [-0.4, -0.2) is 12.5 Å². The third-order valence-electron chi connectivity index (χ3n) is 4.28. The maximum atomic E-state index is 12.7. The van der Waals surface area contributed by atoms with E-state index in [0.717, 1.165) is 24.2 Å². The van der Waals surface area contributed by atoms with Crippen LogP contribution in [0.4, 0.5) is 5.69 Å². The Morgan fingerprint density at radius 2 is 1.67 bits per heavy atom. The topological polar surface area (TPSA) is 20.3 Å². The van der Waals surface area contributed by atoms with Gasteiger partial charge in [-0.1, -0.05) is 56.3 Å². The Labute approximate surface area is 126 Å². The van der Waals surface area contributed by atoms with E-state index in [2.05, 4.69) is 38.1 Å². The van der Waals surface area contributed by atoms with Crippen LogP contribution in [0.1, 0.15) is 43.2 Å². The second-order valence-corrected chi connectivity index (χ2v) is 5.99. The number of rotatable bonds is 3. The van der Waals surface area contributed by atoms with Crippen molar-refractivity contribution in [3.63, 3.8) is 0 Å². The smallest absolute Gasteiger partial charge is 0.234 e. The molecule has 0 radical (unpaired) electrons.